The van der Waals surface area contributed by atoms with Crippen LogP contribution in [-0.4, -0.2) is 10.9 Å². The SMILES string of the molecule is Cc1ccc(NC(=O)c2ccccc2SCc2cscn2)cc1Cl. The summed E-state index contributed by atoms with van der Waals surface area (Å²) in [6.07, 6.45) is 0. The molecule has 0 bridgehead atoms. The fraction of sp³-hybridized carbons (Fsp3) is 0.111. The van der Waals surface area contributed by atoms with E-state index in [4.69, 9.17) is 11.6 Å². The van der Waals surface area contributed by atoms with E-state index in [1.54, 1.807) is 29.2 Å². The number of anilines is 1. The zero-order chi connectivity index (χ0) is 16.9. The lowest BCUT2D eigenvalue weighted by atomic mass is 10.2. The Morgan fingerprint density at radius 2 is 2.12 bits per heavy atom. The highest BCUT2D eigenvalue weighted by molar-refractivity contribution is 7.98. The van der Waals surface area contributed by atoms with Crippen molar-refractivity contribution in [1.82, 2.24) is 4.98 Å². The monoisotopic (exact) mass is 374 g/mol. The average molecular weight is 375 g/mol. The number of aryl methyl sites for hydroxylation is 1. The van der Waals surface area contributed by atoms with Gasteiger partial charge in [-0.15, -0.1) is 23.1 Å². The molecule has 0 radical (unpaired) electrons. The van der Waals surface area contributed by atoms with Gasteiger partial charge >= 0.3 is 0 Å². The Morgan fingerprint density at radius 1 is 1.29 bits per heavy atom. The predicted octanol–water partition coefficient (Wildman–Crippen LogP) is 5.65. The van der Waals surface area contributed by atoms with Crippen LogP contribution in [-0.2, 0) is 5.75 Å². The van der Waals surface area contributed by atoms with Crippen molar-refractivity contribution in [3.63, 3.8) is 0 Å². The van der Waals surface area contributed by atoms with E-state index in [0.29, 0.717) is 16.3 Å². The molecule has 1 N–H and O–H groups in total. The van der Waals surface area contributed by atoms with Crippen molar-refractivity contribution in [1.29, 1.82) is 0 Å². The van der Waals surface area contributed by atoms with Gasteiger partial charge in [0.15, 0.2) is 0 Å². The number of thiazole rings is 1. The first-order valence-corrected chi connectivity index (χ1v) is 9.60. The number of nitrogens with one attached hydrogen (secondary N) is 1. The standard InChI is InChI=1S/C18H15ClN2OS2/c1-12-6-7-13(8-16(12)19)21-18(22)15-4-2-3-5-17(15)24-10-14-9-23-11-20-14/h2-9,11H,10H2,1H3,(H,21,22). The molecule has 0 fully saturated rings. The fourth-order valence-electron chi connectivity index (χ4n) is 2.11. The summed E-state index contributed by atoms with van der Waals surface area (Å²) in [6, 6.07) is 13.1. The van der Waals surface area contributed by atoms with Crippen LogP contribution in [0.5, 0.6) is 0 Å². The maximum absolute atomic E-state index is 12.6. The highest BCUT2D eigenvalue weighted by atomic mass is 35.5. The fourth-order valence-corrected chi connectivity index (χ4v) is 3.91. The molecule has 0 saturated heterocycles. The van der Waals surface area contributed by atoms with Crippen molar-refractivity contribution in [3.8, 4) is 0 Å². The molecule has 6 heteroatoms. The smallest absolute Gasteiger partial charge is 0.256 e. The average Bonchev–Trinajstić information content (AvgIpc) is 3.10. The molecule has 1 aromatic heterocycles. The van der Waals surface area contributed by atoms with Crippen LogP contribution in [0, 0.1) is 6.92 Å². The van der Waals surface area contributed by atoms with Gasteiger partial charge in [-0.25, -0.2) is 4.98 Å². The van der Waals surface area contributed by atoms with E-state index < -0.39 is 0 Å². The number of carbonyl (C=O) groups is 1. The zero-order valence-electron chi connectivity index (χ0n) is 13.0. The highest BCUT2D eigenvalue weighted by Gasteiger charge is 2.12. The van der Waals surface area contributed by atoms with Gasteiger partial charge in [-0.2, -0.15) is 0 Å². The molecule has 0 aliphatic carbocycles. The minimum atomic E-state index is -0.142. The number of amides is 1. The van der Waals surface area contributed by atoms with E-state index in [0.717, 1.165) is 21.9 Å². The maximum Gasteiger partial charge on any atom is 0.256 e. The lowest BCUT2D eigenvalue weighted by Crippen LogP contribution is -2.13. The van der Waals surface area contributed by atoms with E-state index in [9.17, 15) is 4.79 Å². The molecule has 1 heterocycles. The van der Waals surface area contributed by atoms with Gasteiger partial charge in [-0.1, -0.05) is 29.8 Å². The van der Waals surface area contributed by atoms with Crippen LogP contribution in [0.1, 0.15) is 21.6 Å². The first-order chi connectivity index (χ1) is 11.6. The van der Waals surface area contributed by atoms with Gasteiger partial charge in [0.05, 0.1) is 16.8 Å². The third kappa shape index (κ3) is 4.17. The summed E-state index contributed by atoms with van der Waals surface area (Å²) in [7, 11) is 0. The zero-order valence-corrected chi connectivity index (χ0v) is 15.3. The molecule has 0 atom stereocenters. The van der Waals surface area contributed by atoms with E-state index in [2.05, 4.69) is 10.3 Å². The third-order valence-electron chi connectivity index (χ3n) is 3.42. The predicted molar refractivity (Wildman–Crippen MR) is 102 cm³/mol. The van der Waals surface area contributed by atoms with Gasteiger partial charge in [0, 0.05) is 26.7 Å². The molecule has 0 spiro atoms. The van der Waals surface area contributed by atoms with Crippen LogP contribution in [0.3, 0.4) is 0 Å². The van der Waals surface area contributed by atoms with Crippen molar-refractivity contribution in [2.45, 2.75) is 17.6 Å². The molecular formula is C18H15ClN2OS2. The highest BCUT2D eigenvalue weighted by Crippen LogP contribution is 2.27. The number of carbonyl (C=O) groups excluding carboxylic acids is 1. The second-order valence-electron chi connectivity index (χ2n) is 5.18. The number of nitrogens with zero attached hydrogens (tertiary/aromatic N) is 1. The summed E-state index contributed by atoms with van der Waals surface area (Å²) in [6.45, 7) is 1.93. The molecule has 2 aromatic carbocycles. The van der Waals surface area contributed by atoms with Crippen molar-refractivity contribution in [3.05, 3.63) is 75.2 Å². The lowest BCUT2D eigenvalue weighted by molar-refractivity contribution is 0.102. The number of hydrogen-bond donors (Lipinski definition) is 1. The number of thioether (sulfide) groups is 1. The second-order valence-corrected chi connectivity index (χ2v) is 7.33. The minimum Gasteiger partial charge on any atom is -0.322 e. The van der Waals surface area contributed by atoms with Crippen LogP contribution in [0.4, 0.5) is 5.69 Å². The molecule has 3 aromatic rings. The van der Waals surface area contributed by atoms with Gasteiger partial charge < -0.3 is 5.32 Å². The van der Waals surface area contributed by atoms with Crippen LogP contribution >= 0.6 is 34.7 Å². The van der Waals surface area contributed by atoms with Gasteiger partial charge in [-0.05, 0) is 36.8 Å². The van der Waals surface area contributed by atoms with Gasteiger partial charge in [-0.3, -0.25) is 4.79 Å². The molecule has 3 rings (SSSR count). The van der Waals surface area contributed by atoms with Crippen LogP contribution in [0.2, 0.25) is 5.02 Å². The summed E-state index contributed by atoms with van der Waals surface area (Å²) in [5.41, 5.74) is 5.15. The first-order valence-electron chi connectivity index (χ1n) is 7.30. The van der Waals surface area contributed by atoms with Gasteiger partial charge in [0.1, 0.15) is 0 Å². The lowest BCUT2D eigenvalue weighted by Gasteiger charge is -2.10. The second kappa shape index (κ2) is 7.83. The van der Waals surface area contributed by atoms with Crippen molar-refractivity contribution < 1.29 is 4.79 Å². The van der Waals surface area contributed by atoms with Crippen LogP contribution in [0.25, 0.3) is 0 Å². The maximum atomic E-state index is 12.6. The van der Waals surface area contributed by atoms with E-state index in [1.807, 2.05) is 54.2 Å². The Balaban J connectivity index is 1.75. The number of halogens is 1. The normalized spacial score (nSPS) is 10.6. The summed E-state index contributed by atoms with van der Waals surface area (Å²) < 4.78 is 0. The minimum absolute atomic E-state index is 0.142. The van der Waals surface area contributed by atoms with Crippen LogP contribution < -0.4 is 5.32 Å². The van der Waals surface area contributed by atoms with Crippen molar-refractivity contribution in [2.75, 3.05) is 5.32 Å². The molecule has 122 valence electrons. The van der Waals surface area contributed by atoms with Crippen molar-refractivity contribution in [2.24, 2.45) is 0 Å². The summed E-state index contributed by atoms with van der Waals surface area (Å²) >= 11 is 9.30. The van der Waals surface area contributed by atoms with E-state index in [1.165, 1.54) is 0 Å². The number of benzene rings is 2. The summed E-state index contributed by atoms with van der Waals surface area (Å²) in [4.78, 5) is 17.8. The largest absolute Gasteiger partial charge is 0.322 e. The van der Waals surface area contributed by atoms with E-state index >= 15 is 0 Å². The molecular weight excluding hydrogens is 360 g/mol. The Labute approximate surface area is 154 Å². The molecule has 0 unspecified atom stereocenters. The molecule has 1 amide bonds. The number of hydrogen-bond acceptors (Lipinski definition) is 4. The molecule has 0 aliphatic rings. The van der Waals surface area contributed by atoms with Gasteiger partial charge in [0.2, 0.25) is 0 Å². The van der Waals surface area contributed by atoms with E-state index in [-0.39, 0.29) is 5.91 Å². The molecule has 24 heavy (non-hydrogen) atoms. The Kier molecular flexibility index (Phi) is 5.56. The third-order valence-corrected chi connectivity index (χ3v) is 5.57. The topological polar surface area (TPSA) is 42.0 Å². The van der Waals surface area contributed by atoms with Crippen molar-refractivity contribution >= 4 is 46.3 Å². The quantitative estimate of drug-likeness (QED) is 0.587. The van der Waals surface area contributed by atoms with Crippen LogP contribution in [0.15, 0.2) is 58.3 Å². The Morgan fingerprint density at radius 3 is 2.88 bits per heavy atom. The van der Waals surface area contributed by atoms with Gasteiger partial charge in [0.25, 0.3) is 5.91 Å². The Hall–Kier alpha value is -1.82. The molecule has 0 aliphatic heterocycles. The molecule has 3 nitrogen and oxygen atoms in total. The molecule has 0 saturated carbocycles. The summed E-state index contributed by atoms with van der Waals surface area (Å²) in [5.74, 6) is 0.598. The first kappa shape index (κ1) is 17.0. The number of rotatable bonds is 5. The number of aromatic nitrogens is 1. The summed E-state index contributed by atoms with van der Waals surface area (Å²) in [5, 5.41) is 5.57. The Bertz CT molecular complexity index is 850.